The Kier molecular flexibility index (Phi) is 5.79. The van der Waals surface area contributed by atoms with Crippen LogP contribution in [0.1, 0.15) is 15.9 Å². The van der Waals surface area contributed by atoms with Gasteiger partial charge in [-0.1, -0.05) is 0 Å². The summed E-state index contributed by atoms with van der Waals surface area (Å²) in [5.74, 6) is 0.300. The second-order valence-corrected chi connectivity index (χ2v) is 5.10. The average Bonchev–Trinajstić information content (AvgIpc) is 2.65. The number of carbonyl (C=O) groups is 1. The third-order valence-corrected chi connectivity index (χ3v) is 3.60. The van der Waals surface area contributed by atoms with Crippen LogP contribution in [0.5, 0.6) is 23.0 Å². The number of aromatic hydroxyl groups is 1. The molecule has 0 aliphatic heterocycles. The molecule has 0 atom stereocenters. The molecule has 8 nitrogen and oxygen atoms in total. The monoisotopic (exact) mass is 359 g/mol. The first-order chi connectivity index (χ1) is 12.4. The lowest BCUT2D eigenvalue weighted by atomic mass is 10.1. The Morgan fingerprint density at radius 1 is 1.08 bits per heavy atom. The zero-order valence-electron chi connectivity index (χ0n) is 14.4. The van der Waals surface area contributed by atoms with E-state index in [9.17, 15) is 20.0 Å². The first kappa shape index (κ1) is 18.8. The van der Waals surface area contributed by atoms with Crippen molar-refractivity contribution in [3.8, 4) is 23.0 Å². The summed E-state index contributed by atoms with van der Waals surface area (Å²) in [6.07, 6.45) is 2.46. The highest BCUT2D eigenvalue weighted by Crippen LogP contribution is 2.35. The summed E-state index contributed by atoms with van der Waals surface area (Å²) in [6, 6.07) is 6.60. The van der Waals surface area contributed by atoms with Crippen molar-refractivity contribution in [3.05, 3.63) is 57.6 Å². The molecule has 0 radical (unpaired) electrons. The van der Waals surface area contributed by atoms with Gasteiger partial charge < -0.3 is 19.3 Å². The molecular formula is C18H17NO7. The van der Waals surface area contributed by atoms with Gasteiger partial charge in [0.1, 0.15) is 28.6 Å². The number of hydrogen-bond acceptors (Lipinski definition) is 7. The minimum Gasteiger partial charge on any atom is -0.507 e. The molecule has 26 heavy (non-hydrogen) atoms. The number of nitro benzene ring substituents is 1. The Morgan fingerprint density at radius 3 is 2.19 bits per heavy atom. The fourth-order valence-corrected chi connectivity index (χ4v) is 2.29. The number of phenols is 1. The van der Waals surface area contributed by atoms with E-state index in [2.05, 4.69) is 0 Å². The van der Waals surface area contributed by atoms with Gasteiger partial charge in [-0.15, -0.1) is 0 Å². The number of allylic oxidation sites excluding steroid dienone is 1. The van der Waals surface area contributed by atoms with Crippen molar-refractivity contribution in [1.29, 1.82) is 0 Å². The smallest absolute Gasteiger partial charge is 0.270 e. The van der Waals surface area contributed by atoms with Crippen LogP contribution in [0.3, 0.4) is 0 Å². The lowest BCUT2D eigenvalue weighted by Gasteiger charge is -2.13. The third-order valence-electron chi connectivity index (χ3n) is 3.60. The summed E-state index contributed by atoms with van der Waals surface area (Å²) >= 11 is 0. The van der Waals surface area contributed by atoms with Crippen molar-refractivity contribution < 1.29 is 29.0 Å². The third kappa shape index (κ3) is 3.92. The number of methoxy groups -OCH3 is 3. The van der Waals surface area contributed by atoms with E-state index in [4.69, 9.17) is 14.2 Å². The summed E-state index contributed by atoms with van der Waals surface area (Å²) in [5.41, 5.74) is 0.102. The number of phenolic OH excluding ortho intramolecular Hbond substituents is 1. The summed E-state index contributed by atoms with van der Waals surface area (Å²) < 4.78 is 15.6. The van der Waals surface area contributed by atoms with Crippen LogP contribution in [-0.2, 0) is 0 Å². The number of rotatable bonds is 7. The normalized spacial score (nSPS) is 10.6. The maximum Gasteiger partial charge on any atom is 0.270 e. The summed E-state index contributed by atoms with van der Waals surface area (Å²) in [6.45, 7) is 0. The number of nitro groups is 1. The molecule has 0 aliphatic rings. The van der Waals surface area contributed by atoms with E-state index in [1.807, 2.05) is 0 Å². The van der Waals surface area contributed by atoms with E-state index < -0.39 is 10.7 Å². The molecule has 136 valence electrons. The minimum atomic E-state index is -0.589. The van der Waals surface area contributed by atoms with Crippen molar-refractivity contribution >= 4 is 17.5 Å². The highest BCUT2D eigenvalue weighted by Gasteiger charge is 2.19. The van der Waals surface area contributed by atoms with Crippen LogP contribution in [0.2, 0.25) is 0 Å². The van der Waals surface area contributed by atoms with Gasteiger partial charge in [0.15, 0.2) is 5.78 Å². The Balaban J connectivity index is 2.43. The van der Waals surface area contributed by atoms with Crippen LogP contribution in [0.25, 0.3) is 6.08 Å². The van der Waals surface area contributed by atoms with Gasteiger partial charge in [-0.3, -0.25) is 14.9 Å². The van der Waals surface area contributed by atoms with Crippen molar-refractivity contribution in [2.45, 2.75) is 0 Å². The molecule has 0 heterocycles. The van der Waals surface area contributed by atoms with Crippen molar-refractivity contribution in [3.63, 3.8) is 0 Å². The van der Waals surface area contributed by atoms with Gasteiger partial charge in [-0.25, -0.2) is 0 Å². The topological polar surface area (TPSA) is 108 Å². The molecule has 0 aromatic heterocycles. The van der Waals surface area contributed by atoms with E-state index in [-0.39, 0.29) is 34.1 Å². The maximum absolute atomic E-state index is 12.6. The van der Waals surface area contributed by atoms with Crippen LogP contribution < -0.4 is 14.2 Å². The quantitative estimate of drug-likeness (QED) is 0.350. The first-order valence-corrected chi connectivity index (χ1v) is 7.41. The van der Waals surface area contributed by atoms with Gasteiger partial charge in [0.25, 0.3) is 5.69 Å². The van der Waals surface area contributed by atoms with Gasteiger partial charge >= 0.3 is 0 Å². The van der Waals surface area contributed by atoms with Gasteiger partial charge in [0.05, 0.1) is 26.3 Å². The van der Waals surface area contributed by atoms with E-state index >= 15 is 0 Å². The molecular weight excluding hydrogens is 342 g/mol. The van der Waals surface area contributed by atoms with Crippen molar-refractivity contribution in [1.82, 2.24) is 0 Å². The largest absolute Gasteiger partial charge is 0.507 e. The highest BCUT2D eigenvalue weighted by atomic mass is 16.6. The Morgan fingerprint density at radius 2 is 1.69 bits per heavy atom. The number of nitrogens with zero attached hydrogens (tertiary/aromatic N) is 1. The van der Waals surface area contributed by atoms with E-state index in [0.29, 0.717) is 5.75 Å². The van der Waals surface area contributed by atoms with E-state index in [0.717, 1.165) is 0 Å². The Hall–Kier alpha value is -3.55. The van der Waals surface area contributed by atoms with Crippen LogP contribution in [0.4, 0.5) is 5.69 Å². The van der Waals surface area contributed by atoms with E-state index in [1.54, 1.807) is 0 Å². The number of benzene rings is 2. The number of non-ortho nitro benzene ring substituents is 1. The number of ether oxygens (including phenoxy) is 3. The maximum atomic E-state index is 12.6. The molecule has 2 aromatic carbocycles. The van der Waals surface area contributed by atoms with Crippen LogP contribution in [0.15, 0.2) is 36.4 Å². The molecule has 1 N–H and O–H groups in total. The Labute approximate surface area is 149 Å². The fraction of sp³-hybridized carbons (Fsp3) is 0.167. The lowest BCUT2D eigenvalue weighted by molar-refractivity contribution is -0.384. The molecule has 0 saturated carbocycles. The van der Waals surface area contributed by atoms with Crippen LogP contribution in [0, 0.1) is 10.1 Å². The minimum absolute atomic E-state index is 0.138. The second kappa shape index (κ2) is 8.02. The highest BCUT2D eigenvalue weighted by molar-refractivity contribution is 6.10. The predicted octanol–water partition coefficient (Wildman–Crippen LogP) is 3.22. The summed E-state index contributed by atoms with van der Waals surface area (Å²) in [5, 5.41) is 20.7. The molecule has 0 aliphatic carbocycles. The summed E-state index contributed by atoms with van der Waals surface area (Å²) in [4.78, 5) is 22.9. The van der Waals surface area contributed by atoms with Crippen molar-refractivity contribution in [2.75, 3.05) is 21.3 Å². The van der Waals surface area contributed by atoms with Crippen LogP contribution in [-0.4, -0.2) is 37.1 Å². The lowest BCUT2D eigenvalue weighted by Crippen LogP contribution is -2.03. The number of hydrogen-bond donors (Lipinski definition) is 1. The molecule has 0 amide bonds. The van der Waals surface area contributed by atoms with Crippen LogP contribution >= 0.6 is 0 Å². The van der Waals surface area contributed by atoms with Gasteiger partial charge in [0.2, 0.25) is 0 Å². The number of ketones is 1. The number of carbonyl (C=O) groups excluding carboxylic acids is 1. The molecule has 0 bridgehead atoms. The van der Waals surface area contributed by atoms with Crippen molar-refractivity contribution in [2.24, 2.45) is 0 Å². The standard InChI is InChI=1S/C18H17NO7/c1-24-13-9-16(25-2)18(17(10-13)26-3)15(21)6-4-11-8-12(19(22)23)5-7-14(11)20/h4-10,20H,1-3H3/b6-4+. The second-order valence-electron chi connectivity index (χ2n) is 5.10. The summed E-state index contributed by atoms with van der Waals surface area (Å²) in [7, 11) is 4.28. The first-order valence-electron chi connectivity index (χ1n) is 7.41. The van der Waals surface area contributed by atoms with Gasteiger partial charge in [-0.2, -0.15) is 0 Å². The molecule has 2 rings (SSSR count). The van der Waals surface area contributed by atoms with Gasteiger partial charge in [-0.05, 0) is 18.2 Å². The zero-order valence-corrected chi connectivity index (χ0v) is 14.4. The average molecular weight is 359 g/mol. The molecule has 8 heteroatoms. The zero-order chi connectivity index (χ0) is 19.3. The SMILES string of the molecule is COc1cc(OC)c(C(=O)/C=C/c2cc([N+](=O)[O-])ccc2O)c(OC)c1. The molecule has 0 spiro atoms. The van der Waals surface area contributed by atoms with Gasteiger partial charge in [0, 0.05) is 29.8 Å². The predicted molar refractivity (Wildman–Crippen MR) is 94.2 cm³/mol. The molecule has 0 saturated heterocycles. The molecule has 0 unspecified atom stereocenters. The Bertz CT molecular complexity index is 849. The van der Waals surface area contributed by atoms with E-state index in [1.165, 1.54) is 63.8 Å². The molecule has 0 fully saturated rings. The fourth-order valence-electron chi connectivity index (χ4n) is 2.29. The molecule has 2 aromatic rings.